The van der Waals surface area contributed by atoms with E-state index in [9.17, 15) is 8.42 Å². The van der Waals surface area contributed by atoms with Crippen molar-refractivity contribution < 1.29 is 8.42 Å². The average Bonchev–Trinajstić information content (AvgIpc) is 2.68. The van der Waals surface area contributed by atoms with Crippen molar-refractivity contribution in [1.29, 1.82) is 0 Å². The SMILES string of the molecule is CS(=O)(=O)Nc1cccc(NC2CCCC2)c1. The number of nitrogens with one attached hydrogen (secondary N) is 2. The summed E-state index contributed by atoms with van der Waals surface area (Å²) in [5.74, 6) is 0. The molecule has 1 aromatic carbocycles. The van der Waals surface area contributed by atoms with Crippen LogP contribution in [0.5, 0.6) is 0 Å². The molecule has 0 unspecified atom stereocenters. The summed E-state index contributed by atoms with van der Waals surface area (Å²) in [6.45, 7) is 0. The van der Waals surface area contributed by atoms with Crippen molar-refractivity contribution >= 4 is 21.4 Å². The van der Waals surface area contributed by atoms with Gasteiger partial charge in [0.2, 0.25) is 10.0 Å². The summed E-state index contributed by atoms with van der Waals surface area (Å²) in [4.78, 5) is 0. The lowest BCUT2D eigenvalue weighted by Crippen LogP contribution is -2.15. The van der Waals surface area contributed by atoms with Gasteiger partial charge in [-0.2, -0.15) is 0 Å². The highest BCUT2D eigenvalue weighted by Crippen LogP contribution is 2.23. The molecular formula is C12H18N2O2S. The zero-order chi connectivity index (χ0) is 12.3. The average molecular weight is 254 g/mol. The van der Waals surface area contributed by atoms with Crippen LogP contribution < -0.4 is 10.0 Å². The lowest BCUT2D eigenvalue weighted by atomic mass is 10.2. The highest BCUT2D eigenvalue weighted by atomic mass is 32.2. The Morgan fingerprint density at radius 3 is 2.47 bits per heavy atom. The van der Waals surface area contributed by atoms with Gasteiger partial charge < -0.3 is 5.32 Å². The van der Waals surface area contributed by atoms with Gasteiger partial charge in [0.1, 0.15) is 0 Å². The van der Waals surface area contributed by atoms with Crippen molar-refractivity contribution in [3.05, 3.63) is 24.3 Å². The van der Waals surface area contributed by atoms with Gasteiger partial charge in [0.25, 0.3) is 0 Å². The van der Waals surface area contributed by atoms with E-state index in [1.54, 1.807) is 6.07 Å². The molecule has 4 nitrogen and oxygen atoms in total. The smallest absolute Gasteiger partial charge is 0.229 e. The Morgan fingerprint density at radius 2 is 1.82 bits per heavy atom. The number of benzene rings is 1. The molecule has 1 fully saturated rings. The van der Waals surface area contributed by atoms with Gasteiger partial charge >= 0.3 is 0 Å². The standard InChI is InChI=1S/C12H18N2O2S/c1-17(15,16)14-12-8-4-7-11(9-12)13-10-5-2-3-6-10/h4,7-10,13-14H,2-3,5-6H2,1H3. The molecule has 1 aromatic rings. The van der Waals surface area contributed by atoms with Gasteiger partial charge in [-0.1, -0.05) is 18.9 Å². The van der Waals surface area contributed by atoms with Gasteiger partial charge in [-0.3, -0.25) is 4.72 Å². The molecule has 1 saturated carbocycles. The molecule has 2 N–H and O–H groups in total. The Hall–Kier alpha value is -1.23. The van der Waals surface area contributed by atoms with Gasteiger partial charge in [0.05, 0.1) is 11.9 Å². The predicted molar refractivity (Wildman–Crippen MR) is 70.8 cm³/mol. The normalized spacial score (nSPS) is 17.0. The molecule has 0 saturated heterocycles. The fourth-order valence-corrected chi connectivity index (χ4v) is 2.75. The van der Waals surface area contributed by atoms with E-state index in [-0.39, 0.29) is 0 Å². The van der Waals surface area contributed by atoms with Gasteiger partial charge in [-0.25, -0.2) is 8.42 Å². The van der Waals surface area contributed by atoms with Crippen LogP contribution in [0.4, 0.5) is 11.4 Å². The fraction of sp³-hybridized carbons (Fsp3) is 0.500. The monoisotopic (exact) mass is 254 g/mol. The Labute approximate surface area is 102 Å². The van der Waals surface area contributed by atoms with E-state index in [2.05, 4.69) is 10.0 Å². The van der Waals surface area contributed by atoms with Crippen LogP contribution in [0.2, 0.25) is 0 Å². The number of sulfonamides is 1. The van der Waals surface area contributed by atoms with Crippen molar-refractivity contribution in [2.45, 2.75) is 31.7 Å². The minimum atomic E-state index is -3.20. The summed E-state index contributed by atoms with van der Waals surface area (Å²) in [7, 11) is -3.20. The maximum atomic E-state index is 11.1. The second-order valence-corrected chi connectivity index (χ2v) is 6.33. The van der Waals surface area contributed by atoms with Crippen LogP contribution in [0.1, 0.15) is 25.7 Å². The second-order valence-electron chi connectivity index (χ2n) is 4.58. The molecule has 0 heterocycles. The molecule has 94 valence electrons. The summed E-state index contributed by atoms with van der Waals surface area (Å²) >= 11 is 0. The summed E-state index contributed by atoms with van der Waals surface area (Å²) < 4.78 is 24.7. The molecule has 0 aromatic heterocycles. The number of rotatable bonds is 4. The highest BCUT2D eigenvalue weighted by Gasteiger charge is 2.14. The molecule has 0 radical (unpaired) electrons. The van der Waals surface area contributed by atoms with Crippen LogP contribution in [0, 0.1) is 0 Å². The van der Waals surface area contributed by atoms with Gasteiger partial charge in [-0.15, -0.1) is 0 Å². The first-order chi connectivity index (χ1) is 8.03. The van der Waals surface area contributed by atoms with Gasteiger partial charge in [0, 0.05) is 11.7 Å². The lowest BCUT2D eigenvalue weighted by molar-refractivity contribution is 0.607. The van der Waals surface area contributed by atoms with E-state index in [1.165, 1.54) is 25.7 Å². The largest absolute Gasteiger partial charge is 0.382 e. The Kier molecular flexibility index (Phi) is 3.57. The Morgan fingerprint density at radius 1 is 1.18 bits per heavy atom. The molecule has 1 aliphatic carbocycles. The van der Waals surface area contributed by atoms with E-state index in [0.717, 1.165) is 11.9 Å². The van der Waals surface area contributed by atoms with E-state index in [1.807, 2.05) is 18.2 Å². The fourth-order valence-electron chi connectivity index (χ4n) is 2.19. The Bertz CT molecular complexity index is 479. The summed E-state index contributed by atoms with van der Waals surface area (Å²) in [6.07, 6.45) is 6.11. The molecule has 0 bridgehead atoms. The molecule has 0 spiro atoms. The first kappa shape index (κ1) is 12.2. The summed E-state index contributed by atoms with van der Waals surface area (Å²) in [6, 6.07) is 7.93. The first-order valence-electron chi connectivity index (χ1n) is 5.87. The molecule has 2 rings (SSSR count). The van der Waals surface area contributed by atoms with Crippen molar-refractivity contribution in [3.8, 4) is 0 Å². The quantitative estimate of drug-likeness (QED) is 0.867. The van der Waals surface area contributed by atoms with Crippen molar-refractivity contribution in [2.75, 3.05) is 16.3 Å². The van der Waals surface area contributed by atoms with Crippen LogP contribution in [-0.2, 0) is 10.0 Å². The summed E-state index contributed by atoms with van der Waals surface area (Å²) in [5.41, 5.74) is 1.58. The topological polar surface area (TPSA) is 58.2 Å². The zero-order valence-electron chi connectivity index (χ0n) is 9.94. The van der Waals surface area contributed by atoms with E-state index >= 15 is 0 Å². The summed E-state index contributed by atoms with van der Waals surface area (Å²) in [5, 5.41) is 3.43. The maximum absolute atomic E-state index is 11.1. The molecule has 17 heavy (non-hydrogen) atoms. The Balaban J connectivity index is 2.05. The van der Waals surface area contributed by atoms with Gasteiger partial charge in [-0.05, 0) is 31.0 Å². The van der Waals surface area contributed by atoms with Crippen molar-refractivity contribution in [3.63, 3.8) is 0 Å². The molecular weight excluding hydrogens is 236 g/mol. The van der Waals surface area contributed by atoms with Crippen LogP contribution in [0.3, 0.4) is 0 Å². The van der Waals surface area contributed by atoms with Crippen LogP contribution in [0.15, 0.2) is 24.3 Å². The molecule has 5 heteroatoms. The minimum absolute atomic E-state index is 0.531. The number of hydrogen-bond acceptors (Lipinski definition) is 3. The third kappa shape index (κ3) is 3.93. The van der Waals surface area contributed by atoms with Crippen LogP contribution >= 0.6 is 0 Å². The van der Waals surface area contributed by atoms with E-state index < -0.39 is 10.0 Å². The molecule has 0 atom stereocenters. The maximum Gasteiger partial charge on any atom is 0.229 e. The van der Waals surface area contributed by atoms with Crippen LogP contribution in [0.25, 0.3) is 0 Å². The first-order valence-corrected chi connectivity index (χ1v) is 7.76. The molecule has 0 amide bonds. The van der Waals surface area contributed by atoms with Crippen LogP contribution in [-0.4, -0.2) is 20.7 Å². The number of anilines is 2. The lowest BCUT2D eigenvalue weighted by Gasteiger charge is -2.14. The predicted octanol–water partition coefficient (Wildman–Crippen LogP) is 2.41. The van der Waals surface area contributed by atoms with E-state index in [0.29, 0.717) is 11.7 Å². The molecule has 1 aliphatic rings. The second kappa shape index (κ2) is 4.96. The van der Waals surface area contributed by atoms with Crippen molar-refractivity contribution in [1.82, 2.24) is 0 Å². The zero-order valence-corrected chi connectivity index (χ0v) is 10.8. The number of hydrogen-bond donors (Lipinski definition) is 2. The minimum Gasteiger partial charge on any atom is -0.382 e. The molecule has 0 aliphatic heterocycles. The van der Waals surface area contributed by atoms with E-state index in [4.69, 9.17) is 0 Å². The third-order valence-electron chi connectivity index (χ3n) is 2.89. The highest BCUT2D eigenvalue weighted by molar-refractivity contribution is 7.92. The van der Waals surface area contributed by atoms with Crippen molar-refractivity contribution in [2.24, 2.45) is 0 Å². The third-order valence-corrected chi connectivity index (χ3v) is 3.50. The van der Waals surface area contributed by atoms with Gasteiger partial charge in [0.15, 0.2) is 0 Å².